The Hall–Kier alpha value is -3.10. The Kier molecular flexibility index (Phi) is 5.84. The molecule has 1 aliphatic heterocycles. The lowest BCUT2D eigenvalue weighted by Crippen LogP contribution is -2.37. The lowest BCUT2D eigenvalue weighted by atomic mass is 10.2. The molecule has 31 heavy (non-hydrogen) atoms. The molecule has 7 nitrogen and oxygen atoms in total. The molecule has 0 spiro atoms. The van der Waals surface area contributed by atoms with Crippen LogP contribution < -0.4 is 14.6 Å². The highest BCUT2D eigenvalue weighted by Crippen LogP contribution is 2.33. The molecule has 8 heteroatoms. The number of hydrogen-bond acceptors (Lipinski definition) is 5. The highest BCUT2D eigenvalue weighted by molar-refractivity contribution is 7.86. The highest BCUT2D eigenvalue weighted by Gasteiger charge is 2.25. The maximum Gasteiger partial charge on any atom is 0.374 e. The van der Waals surface area contributed by atoms with Gasteiger partial charge >= 0.3 is 5.89 Å². The topological polar surface area (TPSA) is 92.7 Å². The van der Waals surface area contributed by atoms with E-state index in [1.807, 2.05) is 72.2 Å². The van der Waals surface area contributed by atoms with E-state index >= 15 is 0 Å². The van der Waals surface area contributed by atoms with Gasteiger partial charge in [-0.3, -0.25) is 4.55 Å². The number of aromatic nitrogens is 1. The summed E-state index contributed by atoms with van der Waals surface area (Å²) in [6.07, 6.45) is 4.86. The molecular formula is C23H25N2O5S+. The first kappa shape index (κ1) is 21.1. The zero-order valence-electron chi connectivity index (χ0n) is 17.4. The maximum atomic E-state index is 11.4. The molecule has 3 aromatic rings. The van der Waals surface area contributed by atoms with Gasteiger partial charge in [0, 0.05) is 18.6 Å². The molecule has 2 heterocycles. The van der Waals surface area contributed by atoms with Crippen LogP contribution in [-0.4, -0.2) is 18.2 Å². The van der Waals surface area contributed by atoms with Crippen molar-refractivity contribution in [2.75, 3.05) is 5.32 Å². The normalized spacial score (nSPS) is 16.2. The SMILES string of the molecule is CCC(=Cc1oc2ccccc2[n+]1CCC(C)S(=O)(=O)O)C=C1Nc2ccccc2O1. The summed E-state index contributed by atoms with van der Waals surface area (Å²) in [5.74, 6) is 2.02. The molecule has 2 N–H and O–H groups in total. The van der Waals surface area contributed by atoms with Gasteiger partial charge < -0.3 is 14.5 Å². The predicted octanol–water partition coefficient (Wildman–Crippen LogP) is 4.53. The molecule has 2 aromatic carbocycles. The van der Waals surface area contributed by atoms with Gasteiger partial charge in [0.15, 0.2) is 18.2 Å². The van der Waals surface area contributed by atoms with Crippen LogP contribution >= 0.6 is 0 Å². The van der Waals surface area contributed by atoms with Gasteiger partial charge in [-0.05, 0) is 37.1 Å². The number of ether oxygens (including phenoxy) is 1. The molecular weight excluding hydrogens is 416 g/mol. The Balaban J connectivity index is 1.66. The lowest BCUT2D eigenvalue weighted by molar-refractivity contribution is -0.678. The second-order valence-electron chi connectivity index (χ2n) is 7.48. The summed E-state index contributed by atoms with van der Waals surface area (Å²) in [6, 6.07) is 15.3. The number of para-hydroxylation sites is 4. The van der Waals surface area contributed by atoms with E-state index in [9.17, 15) is 13.0 Å². The molecule has 1 aromatic heterocycles. The standard InChI is InChI=1S/C23H24N2O5S/c1-3-17(14-22-24-18-8-4-6-10-20(18)29-22)15-23-25(13-12-16(2)31(26,27)28)19-9-5-7-11-21(19)30-23/h4-11,14-16H,3,12-13H2,1-2H3,(H,26,27,28)/p+1. The summed E-state index contributed by atoms with van der Waals surface area (Å²) in [7, 11) is -4.09. The van der Waals surface area contributed by atoms with Crippen LogP contribution in [0.2, 0.25) is 0 Å². The van der Waals surface area contributed by atoms with E-state index in [4.69, 9.17) is 9.15 Å². The second kappa shape index (κ2) is 8.56. The summed E-state index contributed by atoms with van der Waals surface area (Å²) < 4.78 is 46.0. The van der Waals surface area contributed by atoms with Crippen molar-refractivity contribution in [2.24, 2.45) is 0 Å². The number of oxazole rings is 1. The van der Waals surface area contributed by atoms with E-state index in [-0.39, 0.29) is 6.42 Å². The zero-order chi connectivity index (χ0) is 22.0. The number of aryl methyl sites for hydroxylation is 1. The molecule has 0 bridgehead atoms. The van der Waals surface area contributed by atoms with Crippen molar-refractivity contribution in [3.8, 4) is 5.75 Å². The molecule has 0 fully saturated rings. The Morgan fingerprint density at radius 2 is 1.94 bits per heavy atom. The van der Waals surface area contributed by atoms with Crippen LogP contribution in [0.3, 0.4) is 0 Å². The number of nitrogens with zero attached hydrogens (tertiary/aromatic N) is 1. The van der Waals surface area contributed by atoms with Crippen molar-refractivity contribution in [1.29, 1.82) is 0 Å². The quantitative estimate of drug-likeness (QED) is 0.414. The minimum absolute atomic E-state index is 0.260. The fraction of sp³-hybridized carbons (Fsp3) is 0.261. The maximum absolute atomic E-state index is 11.4. The highest BCUT2D eigenvalue weighted by atomic mass is 32.2. The van der Waals surface area contributed by atoms with Gasteiger partial charge in [0.25, 0.3) is 15.6 Å². The monoisotopic (exact) mass is 441 g/mol. The Morgan fingerprint density at radius 1 is 1.19 bits per heavy atom. The van der Waals surface area contributed by atoms with Gasteiger partial charge in [-0.2, -0.15) is 13.0 Å². The van der Waals surface area contributed by atoms with Crippen LogP contribution in [0.25, 0.3) is 17.2 Å². The third kappa shape index (κ3) is 4.65. The number of rotatable bonds is 7. The zero-order valence-corrected chi connectivity index (χ0v) is 18.2. The number of anilines is 1. The third-order valence-corrected chi connectivity index (χ3v) is 6.56. The van der Waals surface area contributed by atoms with E-state index in [1.165, 1.54) is 6.92 Å². The predicted molar refractivity (Wildman–Crippen MR) is 119 cm³/mol. The fourth-order valence-corrected chi connectivity index (χ4v) is 3.83. The van der Waals surface area contributed by atoms with Crippen LogP contribution in [-0.2, 0) is 16.7 Å². The van der Waals surface area contributed by atoms with E-state index < -0.39 is 15.4 Å². The van der Waals surface area contributed by atoms with Crippen molar-refractivity contribution in [1.82, 2.24) is 0 Å². The first-order valence-electron chi connectivity index (χ1n) is 10.2. The average Bonchev–Trinajstić information content (AvgIpc) is 3.30. The summed E-state index contributed by atoms with van der Waals surface area (Å²) in [5.41, 5.74) is 3.47. The smallest absolute Gasteiger partial charge is 0.374 e. The molecule has 0 amide bonds. The van der Waals surface area contributed by atoms with Crippen molar-refractivity contribution in [3.05, 3.63) is 72.0 Å². The first-order valence-corrected chi connectivity index (χ1v) is 11.7. The number of hydrogen-bond donors (Lipinski definition) is 2. The van der Waals surface area contributed by atoms with Gasteiger partial charge in [-0.1, -0.05) is 31.2 Å². The van der Waals surface area contributed by atoms with E-state index in [0.717, 1.165) is 28.9 Å². The van der Waals surface area contributed by atoms with Crippen molar-refractivity contribution < 1.29 is 26.7 Å². The van der Waals surface area contributed by atoms with Crippen LogP contribution in [0.15, 0.2) is 70.5 Å². The van der Waals surface area contributed by atoms with Crippen LogP contribution in [0.1, 0.15) is 32.6 Å². The number of benzene rings is 2. The van der Waals surface area contributed by atoms with Crippen molar-refractivity contribution in [2.45, 2.75) is 38.5 Å². The minimum atomic E-state index is -4.09. The Morgan fingerprint density at radius 3 is 2.68 bits per heavy atom. The van der Waals surface area contributed by atoms with Crippen molar-refractivity contribution in [3.63, 3.8) is 0 Å². The molecule has 162 valence electrons. The molecule has 1 atom stereocenters. The molecule has 0 saturated heterocycles. The molecule has 0 saturated carbocycles. The largest absolute Gasteiger partial charge is 0.439 e. The number of allylic oxidation sites excluding steroid dienone is 2. The van der Waals surface area contributed by atoms with Gasteiger partial charge in [-0.25, -0.2) is 0 Å². The van der Waals surface area contributed by atoms with Gasteiger partial charge in [0.05, 0.1) is 17.0 Å². The summed E-state index contributed by atoms with van der Waals surface area (Å²) >= 11 is 0. The molecule has 0 radical (unpaired) electrons. The molecule has 0 aliphatic carbocycles. The number of nitrogens with one attached hydrogen (secondary N) is 1. The summed E-state index contributed by atoms with van der Waals surface area (Å²) in [5, 5.41) is 2.38. The molecule has 4 rings (SSSR count). The van der Waals surface area contributed by atoms with Crippen LogP contribution in [0.4, 0.5) is 5.69 Å². The molecule has 1 unspecified atom stereocenters. The van der Waals surface area contributed by atoms with E-state index in [0.29, 0.717) is 23.9 Å². The molecule has 1 aliphatic rings. The van der Waals surface area contributed by atoms with E-state index in [1.54, 1.807) is 0 Å². The van der Waals surface area contributed by atoms with Gasteiger partial charge in [-0.15, -0.1) is 0 Å². The van der Waals surface area contributed by atoms with Gasteiger partial charge in [0.2, 0.25) is 5.58 Å². The van der Waals surface area contributed by atoms with E-state index in [2.05, 4.69) is 5.32 Å². The minimum Gasteiger partial charge on any atom is -0.439 e. The van der Waals surface area contributed by atoms with Gasteiger partial charge in [0.1, 0.15) is 0 Å². The summed E-state index contributed by atoms with van der Waals surface area (Å²) in [6.45, 7) is 3.92. The first-order chi connectivity index (χ1) is 14.8. The summed E-state index contributed by atoms with van der Waals surface area (Å²) in [4.78, 5) is 0. The van der Waals surface area contributed by atoms with Crippen LogP contribution in [0.5, 0.6) is 5.75 Å². The Labute approximate surface area is 181 Å². The number of fused-ring (bicyclic) bond motifs is 2. The second-order valence-corrected chi connectivity index (χ2v) is 9.31. The van der Waals surface area contributed by atoms with Crippen LogP contribution in [0, 0.1) is 0 Å². The average molecular weight is 442 g/mol. The lowest BCUT2D eigenvalue weighted by Gasteiger charge is -2.05. The Bertz CT molecular complexity index is 1250. The van der Waals surface area contributed by atoms with Crippen molar-refractivity contribution >= 4 is 33.0 Å². The fourth-order valence-electron chi connectivity index (χ4n) is 3.42. The third-order valence-electron chi connectivity index (χ3n) is 5.30.